The van der Waals surface area contributed by atoms with Crippen LogP contribution in [0.15, 0.2) is 53.6 Å². The van der Waals surface area contributed by atoms with E-state index in [1.54, 1.807) is 19.1 Å². The second-order valence-electron chi connectivity index (χ2n) is 9.50. The zero-order valence-corrected chi connectivity index (χ0v) is 24.8. The quantitative estimate of drug-likeness (QED) is 0.145. The Bertz CT molecular complexity index is 1640. The molecule has 1 unspecified atom stereocenters. The van der Waals surface area contributed by atoms with Crippen molar-refractivity contribution in [2.45, 2.75) is 43.9 Å². The van der Waals surface area contributed by atoms with Gasteiger partial charge >= 0.3 is 12.1 Å². The lowest BCUT2D eigenvalue weighted by Gasteiger charge is -2.36. The molecule has 2 aromatic carbocycles. The molecule has 3 aromatic rings. The molecule has 1 aliphatic heterocycles. The highest BCUT2D eigenvalue weighted by atomic mass is 35.5. The fraction of sp³-hybridized carbons (Fsp3) is 0.310. The molecule has 8 nitrogen and oxygen atoms in total. The lowest BCUT2D eigenvalue weighted by molar-refractivity contribution is -0.141. The molecule has 0 spiro atoms. The predicted molar refractivity (Wildman–Crippen MR) is 152 cm³/mol. The Balaban J connectivity index is 1.85. The van der Waals surface area contributed by atoms with E-state index in [0.717, 1.165) is 4.31 Å². The summed E-state index contributed by atoms with van der Waals surface area (Å²) in [5, 5.41) is 0.174. The summed E-state index contributed by atoms with van der Waals surface area (Å²) >= 11 is 6.20. The molecule has 0 saturated carbocycles. The van der Waals surface area contributed by atoms with Crippen molar-refractivity contribution in [3.63, 3.8) is 0 Å². The minimum Gasteiger partial charge on any atom is -0.486 e. The lowest BCUT2D eigenvalue weighted by atomic mass is 10.0. The second-order valence-corrected chi connectivity index (χ2v) is 11.7. The van der Waals surface area contributed by atoms with Gasteiger partial charge in [-0.3, -0.25) is 9.10 Å². The predicted octanol–water partition coefficient (Wildman–Crippen LogP) is 6.76. The molecule has 0 amide bonds. The Kier molecular flexibility index (Phi) is 9.55. The number of nitrogens with zero attached hydrogens (tertiary/aromatic N) is 2. The molecular weight excluding hydrogens is 616 g/mol. The van der Waals surface area contributed by atoms with Crippen molar-refractivity contribution < 1.29 is 45.0 Å². The Hall–Kier alpha value is -3.84. The minimum atomic E-state index is -4.88. The molecule has 4 rings (SSSR count). The largest absolute Gasteiger partial charge is 0.486 e. The van der Waals surface area contributed by atoms with Crippen molar-refractivity contribution >= 4 is 44.9 Å². The first-order chi connectivity index (χ1) is 20.3. The summed E-state index contributed by atoms with van der Waals surface area (Å²) in [6, 6.07) is 9.24. The van der Waals surface area contributed by atoms with Crippen LogP contribution in [0.4, 0.5) is 23.2 Å². The molecule has 1 atom stereocenters. The van der Waals surface area contributed by atoms with Gasteiger partial charge in [-0.15, -0.1) is 0 Å². The number of pyridine rings is 1. The number of methoxy groups -OCH3 is 1. The van der Waals surface area contributed by atoms with E-state index < -0.39 is 50.4 Å². The number of esters is 1. The Morgan fingerprint density at radius 3 is 2.63 bits per heavy atom. The van der Waals surface area contributed by atoms with Crippen molar-refractivity contribution in [1.29, 1.82) is 0 Å². The molecule has 0 radical (unpaired) electrons. The number of anilines is 1. The van der Waals surface area contributed by atoms with Crippen LogP contribution in [-0.4, -0.2) is 45.7 Å². The van der Waals surface area contributed by atoms with E-state index in [4.69, 9.17) is 21.1 Å². The van der Waals surface area contributed by atoms with Gasteiger partial charge in [0, 0.05) is 18.2 Å². The maximum Gasteiger partial charge on any atom is 0.417 e. The molecule has 0 saturated heterocycles. The van der Waals surface area contributed by atoms with Crippen LogP contribution in [0.2, 0.25) is 5.02 Å². The molecule has 1 aromatic heterocycles. The van der Waals surface area contributed by atoms with E-state index >= 15 is 0 Å². The highest BCUT2D eigenvalue weighted by Crippen LogP contribution is 2.42. The van der Waals surface area contributed by atoms with Crippen LogP contribution < -0.4 is 13.8 Å². The molecule has 1 aliphatic rings. The molecule has 0 bridgehead atoms. The molecule has 0 aliphatic carbocycles. The lowest BCUT2D eigenvalue weighted by Crippen LogP contribution is -2.44. The normalized spacial score (nSPS) is 15.5. The summed E-state index contributed by atoms with van der Waals surface area (Å²) in [5.74, 6) is -1.51. The van der Waals surface area contributed by atoms with Gasteiger partial charge in [0.05, 0.1) is 36.5 Å². The number of fused-ring (bicyclic) bond motifs is 1. The Morgan fingerprint density at radius 1 is 1.23 bits per heavy atom. The zero-order chi connectivity index (χ0) is 31.5. The van der Waals surface area contributed by atoms with Gasteiger partial charge in [-0.05, 0) is 61.7 Å². The van der Waals surface area contributed by atoms with E-state index in [1.165, 1.54) is 44.4 Å². The van der Waals surface area contributed by atoms with E-state index in [2.05, 4.69) is 9.72 Å². The minimum absolute atomic E-state index is 0.00959. The summed E-state index contributed by atoms with van der Waals surface area (Å²) in [4.78, 5) is 14.6. The summed E-state index contributed by atoms with van der Waals surface area (Å²) in [6.07, 6.45) is -3.69. The first-order valence-electron chi connectivity index (χ1n) is 13.0. The average Bonchev–Trinajstić information content (AvgIpc) is 2.95. The number of benzene rings is 2. The summed E-state index contributed by atoms with van der Waals surface area (Å²) < 4.78 is 100. The van der Waals surface area contributed by atoms with Crippen molar-refractivity contribution in [1.82, 2.24) is 4.98 Å². The van der Waals surface area contributed by atoms with Gasteiger partial charge in [-0.1, -0.05) is 29.8 Å². The van der Waals surface area contributed by atoms with E-state index in [0.29, 0.717) is 23.4 Å². The number of carbonyl (C=O) groups is 1. The first-order valence-corrected chi connectivity index (χ1v) is 14.8. The highest BCUT2D eigenvalue weighted by Gasteiger charge is 2.39. The Morgan fingerprint density at radius 2 is 1.98 bits per heavy atom. The highest BCUT2D eigenvalue weighted by molar-refractivity contribution is 7.93. The second kappa shape index (κ2) is 12.8. The summed E-state index contributed by atoms with van der Waals surface area (Å²) in [7, 11) is -3.55. The SMILES string of the molecule is CCOc1ncc(C(F)(F)F)cc1S(=O)(=O)N1CC(CCC(=O)OC)Oc2ccc(C=C(C)c3c(F)cccc3Cl)cc21. The number of carbonyl (C=O) groups excluding carboxylic acids is 1. The summed E-state index contributed by atoms with van der Waals surface area (Å²) in [5.41, 5.74) is -0.248. The molecule has 2 heterocycles. The number of hydrogen-bond acceptors (Lipinski definition) is 7. The average molecular weight is 643 g/mol. The zero-order valence-electron chi connectivity index (χ0n) is 23.2. The number of rotatable bonds is 9. The molecular formula is C29H27ClF4N2O6S. The van der Waals surface area contributed by atoms with Gasteiger partial charge in [-0.25, -0.2) is 17.8 Å². The third-order valence-electron chi connectivity index (χ3n) is 6.55. The van der Waals surface area contributed by atoms with Gasteiger partial charge in [0.2, 0.25) is 5.88 Å². The number of sulfonamides is 1. The van der Waals surface area contributed by atoms with Crippen molar-refractivity contribution in [2.24, 2.45) is 0 Å². The van der Waals surface area contributed by atoms with Gasteiger partial charge in [0.25, 0.3) is 10.0 Å². The maximum absolute atomic E-state index is 14.5. The fourth-order valence-electron chi connectivity index (χ4n) is 4.51. The van der Waals surface area contributed by atoms with E-state index in [-0.39, 0.29) is 48.0 Å². The van der Waals surface area contributed by atoms with E-state index in [1.807, 2.05) is 0 Å². The number of allylic oxidation sites excluding steroid dienone is 1. The molecule has 43 heavy (non-hydrogen) atoms. The van der Waals surface area contributed by atoms with E-state index in [9.17, 15) is 30.8 Å². The first kappa shape index (κ1) is 32.1. The van der Waals surface area contributed by atoms with Gasteiger partial charge in [0.1, 0.15) is 17.7 Å². The monoisotopic (exact) mass is 642 g/mol. The standard InChI is InChI=1S/C29H27ClF4N2O6S/c1-4-41-28-25(14-19(15-35-28)29(32,33)34)43(38,39)36-16-20(9-11-26(37)40-3)42-24-10-8-18(13-23(24)36)12-17(2)27-21(30)6-5-7-22(27)31/h5-8,10,12-15,20H,4,9,11,16H2,1-3H3. The number of alkyl halides is 3. The van der Waals surface area contributed by atoms with Crippen molar-refractivity contribution in [3.05, 3.63) is 76.2 Å². The van der Waals surface area contributed by atoms with Crippen LogP contribution in [0.3, 0.4) is 0 Å². The van der Waals surface area contributed by atoms with Crippen molar-refractivity contribution in [2.75, 3.05) is 24.6 Å². The molecule has 0 N–H and O–H groups in total. The number of hydrogen-bond donors (Lipinski definition) is 0. The van der Waals surface area contributed by atoms with Crippen LogP contribution in [0.1, 0.15) is 43.4 Å². The van der Waals surface area contributed by atoms with Crippen LogP contribution in [0.5, 0.6) is 11.6 Å². The van der Waals surface area contributed by atoms with Crippen molar-refractivity contribution in [3.8, 4) is 11.6 Å². The van der Waals surface area contributed by atoms with Gasteiger partial charge in [0.15, 0.2) is 4.90 Å². The van der Waals surface area contributed by atoms with Crippen LogP contribution >= 0.6 is 11.6 Å². The van der Waals surface area contributed by atoms with Crippen LogP contribution in [0, 0.1) is 5.82 Å². The van der Waals surface area contributed by atoms with Crippen LogP contribution in [0.25, 0.3) is 11.6 Å². The maximum atomic E-state index is 14.5. The molecule has 14 heteroatoms. The Labute approximate surface area is 250 Å². The van der Waals surface area contributed by atoms with Gasteiger partial charge in [-0.2, -0.15) is 13.2 Å². The number of aromatic nitrogens is 1. The number of ether oxygens (including phenoxy) is 3. The van der Waals surface area contributed by atoms with Gasteiger partial charge < -0.3 is 14.2 Å². The molecule has 0 fully saturated rings. The molecule has 230 valence electrons. The van der Waals surface area contributed by atoms with Crippen LogP contribution in [-0.2, 0) is 25.7 Å². The fourth-order valence-corrected chi connectivity index (χ4v) is 6.43. The number of halogens is 5. The third kappa shape index (κ3) is 7.04. The summed E-state index contributed by atoms with van der Waals surface area (Å²) in [6.45, 7) is 2.75. The third-order valence-corrected chi connectivity index (χ3v) is 8.64. The smallest absolute Gasteiger partial charge is 0.417 e. The topological polar surface area (TPSA) is 95.0 Å².